The van der Waals surface area contributed by atoms with Crippen LogP contribution in [-0.2, 0) is 0 Å². The van der Waals surface area contributed by atoms with Crippen molar-refractivity contribution in [1.82, 2.24) is 10.9 Å². The van der Waals surface area contributed by atoms with Gasteiger partial charge in [0.1, 0.15) is 0 Å². The highest BCUT2D eigenvalue weighted by atomic mass is 16.6. The van der Waals surface area contributed by atoms with E-state index < -0.39 is 0 Å². The summed E-state index contributed by atoms with van der Waals surface area (Å²) in [6, 6.07) is 0. The molecule has 0 radical (unpaired) electrons. The summed E-state index contributed by atoms with van der Waals surface area (Å²) in [5, 5.41) is 7.89. The Morgan fingerprint density at radius 2 is 1.75 bits per heavy atom. The first-order chi connectivity index (χ1) is 3.91. The summed E-state index contributed by atoms with van der Waals surface area (Å²) in [5.41, 5.74) is 5.94. The molecule has 1 rings (SSSR count). The number of rotatable bonds is 0. The van der Waals surface area contributed by atoms with Crippen LogP contribution in [0.1, 0.15) is 6.42 Å². The third-order valence-electron chi connectivity index (χ3n) is 0.729. The topological polar surface area (TPSA) is 73.7 Å². The molecule has 0 spiro atoms. The lowest BCUT2D eigenvalue weighted by Gasteiger charge is -1.81. The van der Waals surface area contributed by atoms with Crippen molar-refractivity contribution in [3.05, 3.63) is 4.91 Å². The van der Waals surface area contributed by atoms with E-state index in [0.717, 1.165) is 13.1 Å². The van der Waals surface area contributed by atoms with Crippen molar-refractivity contribution in [3.63, 3.8) is 0 Å². The second-order valence-electron chi connectivity index (χ2n) is 1.29. The zero-order valence-electron chi connectivity index (χ0n) is 4.42. The minimum absolute atomic E-state index is 1.14. The van der Waals surface area contributed by atoms with Gasteiger partial charge in [0.15, 0.2) is 5.34 Å². The number of nitrogens with one attached hydrogen (secondary N) is 2. The molecular formula is C3H9N3O2. The second-order valence-corrected chi connectivity index (χ2v) is 1.29. The van der Waals surface area contributed by atoms with Crippen LogP contribution in [-0.4, -0.2) is 18.3 Å². The van der Waals surface area contributed by atoms with Crippen LogP contribution in [0.4, 0.5) is 0 Å². The molecule has 1 fully saturated rings. The fourth-order valence-electron chi connectivity index (χ4n) is 0.442. The van der Waals surface area contributed by atoms with Gasteiger partial charge in [0.2, 0.25) is 0 Å². The van der Waals surface area contributed by atoms with Gasteiger partial charge in [0.05, 0.1) is 0 Å². The first kappa shape index (κ1) is 7.32. The maximum Gasteiger partial charge on any atom is 0.152 e. The average molecular weight is 119 g/mol. The van der Waals surface area contributed by atoms with Crippen molar-refractivity contribution < 1.29 is 5.21 Å². The third kappa shape index (κ3) is 5.32. The molecule has 0 atom stereocenters. The van der Waals surface area contributed by atoms with E-state index in [-0.39, 0.29) is 0 Å². The Bertz CT molecular complexity index is 46.9. The fraction of sp³-hybridized carbons (Fsp3) is 1.00. The number of hydrazine groups is 1. The lowest BCUT2D eigenvalue weighted by Crippen LogP contribution is -2.21. The van der Waals surface area contributed by atoms with Crippen LogP contribution < -0.4 is 10.9 Å². The summed E-state index contributed by atoms with van der Waals surface area (Å²) in [5.74, 6) is 0. The molecule has 5 nitrogen and oxygen atoms in total. The predicted molar refractivity (Wildman–Crippen MR) is 28.2 cm³/mol. The summed E-state index contributed by atoms with van der Waals surface area (Å²) >= 11 is 0. The van der Waals surface area contributed by atoms with E-state index in [2.05, 4.69) is 10.9 Å². The van der Waals surface area contributed by atoms with Gasteiger partial charge in [-0.3, -0.25) is 10.9 Å². The maximum absolute atomic E-state index is 8.11. The van der Waals surface area contributed by atoms with Crippen molar-refractivity contribution in [2.75, 3.05) is 13.1 Å². The minimum Gasteiger partial charge on any atom is -0.379 e. The molecule has 0 unspecified atom stereocenters. The van der Waals surface area contributed by atoms with Crippen molar-refractivity contribution in [1.29, 1.82) is 0 Å². The number of hydrogen-bond donors (Lipinski definition) is 3. The third-order valence-corrected chi connectivity index (χ3v) is 0.729. The molecule has 1 aliphatic rings. The number of hydrogen-bond acceptors (Lipinski definition) is 4. The normalized spacial score (nSPS) is 16.5. The minimum atomic E-state index is 1.14. The molecule has 0 amide bonds. The Morgan fingerprint density at radius 1 is 1.38 bits per heavy atom. The monoisotopic (exact) mass is 119 g/mol. The van der Waals surface area contributed by atoms with Crippen LogP contribution in [0.5, 0.6) is 0 Å². The van der Waals surface area contributed by atoms with Crippen molar-refractivity contribution in [2.24, 2.45) is 5.34 Å². The van der Waals surface area contributed by atoms with Gasteiger partial charge in [0.25, 0.3) is 0 Å². The molecule has 0 aromatic heterocycles. The van der Waals surface area contributed by atoms with Gasteiger partial charge in [-0.05, 0) is 6.42 Å². The van der Waals surface area contributed by atoms with Gasteiger partial charge in [-0.1, -0.05) is 0 Å². The highest BCUT2D eigenvalue weighted by Gasteiger charge is 1.91. The van der Waals surface area contributed by atoms with Gasteiger partial charge in [0, 0.05) is 13.1 Å². The smallest absolute Gasteiger partial charge is 0.152 e. The largest absolute Gasteiger partial charge is 0.379 e. The summed E-state index contributed by atoms with van der Waals surface area (Å²) in [6.45, 7) is 2.28. The van der Waals surface area contributed by atoms with E-state index in [4.69, 9.17) is 10.1 Å². The summed E-state index contributed by atoms with van der Waals surface area (Å²) in [4.78, 5) is 8.11. The summed E-state index contributed by atoms with van der Waals surface area (Å²) < 4.78 is 0. The Hall–Kier alpha value is -0.680. The van der Waals surface area contributed by atoms with Crippen molar-refractivity contribution in [3.8, 4) is 0 Å². The first-order valence-electron chi connectivity index (χ1n) is 2.34. The molecule has 8 heavy (non-hydrogen) atoms. The van der Waals surface area contributed by atoms with Gasteiger partial charge < -0.3 is 5.21 Å². The quantitative estimate of drug-likeness (QED) is 0.300. The average Bonchev–Trinajstić information content (AvgIpc) is 2.17. The Labute approximate surface area is 47.0 Å². The maximum atomic E-state index is 8.11. The molecule has 5 heteroatoms. The standard InChI is InChI=1S/C3H8N2.HNO2/c1-2-4-5-3-1;2-1-3/h4-5H,1-3H2;(H,2,3). The first-order valence-corrected chi connectivity index (χ1v) is 2.34. The van der Waals surface area contributed by atoms with E-state index in [9.17, 15) is 0 Å². The highest BCUT2D eigenvalue weighted by Crippen LogP contribution is 1.74. The lowest BCUT2D eigenvalue weighted by molar-refractivity contribution is 0.312. The SMILES string of the molecule is C1CNNC1.O=NO. The lowest BCUT2D eigenvalue weighted by atomic mass is 10.5. The molecule has 0 bridgehead atoms. The molecule has 1 saturated heterocycles. The molecule has 0 aromatic rings. The number of nitrogens with zero attached hydrogens (tertiary/aromatic N) is 1. The Kier molecular flexibility index (Phi) is 5.78. The molecule has 1 aliphatic heterocycles. The van der Waals surface area contributed by atoms with E-state index in [1.54, 1.807) is 0 Å². The Morgan fingerprint density at radius 3 is 1.88 bits per heavy atom. The summed E-state index contributed by atoms with van der Waals surface area (Å²) in [6.07, 6.45) is 1.28. The van der Waals surface area contributed by atoms with Crippen LogP contribution >= 0.6 is 0 Å². The van der Waals surface area contributed by atoms with Crippen LogP contribution in [0.3, 0.4) is 0 Å². The second kappa shape index (κ2) is 6.32. The Balaban J connectivity index is 0.000000145. The highest BCUT2D eigenvalue weighted by molar-refractivity contribution is 4.51. The molecule has 1 heterocycles. The van der Waals surface area contributed by atoms with E-state index in [1.165, 1.54) is 11.8 Å². The predicted octanol–water partition coefficient (Wildman–Crippen LogP) is -0.374. The molecule has 0 aliphatic carbocycles. The van der Waals surface area contributed by atoms with Crippen LogP contribution in [0.2, 0.25) is 0 Å². The molecule has 0 aromatic carbocycles. The molecule has 48 valence electrons. The van der Waals surface area contributed by atoms with Gasteiger partial charge in [-0.2, -0.15) is 0 Å². The zero-order chi connectivity index (χ0) is 6.24. The van der Waals surface area contributed by atoms with Crippen LogP contribution in [0.15, 0.2) is 5.34 Å². The van der Waals surface area contributed by atoms with E-state index in [0.29, 0.717) is 0 Å². The molecule has 0 saturated carbocycles. The molecule has 3 N–H and O–H groups in total. The molecular weight excluding hydrogens is 110 g/mol. The van der Waals surface area contributed by atoms with Gasteiger partial charge >= 0.3 is 0 Å². The fourth-order valence-corrected chi connectivity index (χ4v) is 0.442. The van der Waals surface area contributed by atoms with Crippen molar-refractivity contribution in [2.45, 2.75) is 6.42 Å². The van der Waals surface area contributed by atoms with Gasteiger partial charge in [-0.15, -0.1) is 4.91 Å². The van der Waals surface area contributed by atoms with E-state index >= 15 is 0 Å². The summed E-state index contributed by atoms with van der Waals surface area (Å²) in [7, 11) is 0. The van der Waals surface area contributed by atoms with Crippen LogP contribution in [0.25, 0.3) is 0 Å². The van der Waals surface area contributed by atoms with E-state index in [1.807, 2.05) is 0 Å². The zero-order valence-corrected chi connectivity index (χ0v) is 4.42. The van der Waals surface area contributed by atoms with Crippen molar-refractivity contribution >= 4 is 0 Å². The van der Waals surface area contributed by atoms with Gasteiger partial charge in [-0.25, -0.2) is 0 Å². The van der Waals surface area contributed by atoms with Crippen LogP contribution in [0, 0.1) is 4.91 Å².